The largest absolute Gasteiger partial charge is 0.493 e. The molecule has 30 heavy (non-hydrogen) atoms. The lowest BCUT2D eigenvalue weighted by Crippen LogP contribution is -2.12. The lowest BCUT2D eigenvalue weighted by Gasteiger charge is -2.13. The Morgan fingerprint density at radius 1 is 1.20 bits per heavy atom. The number of nitro groups is 1. The number of nitro benzene ring substituents is 1. The van der Waals surface area contributed by atoms with Gasteiger partial charge in [0, 0.05) is 11.6 Å². The van der Waals surface area contributed by atoms with Crippen molar-refractivity contribution in [1.29, 1.82) is 0 Å². The number of carbonyl (C=O) groups is 1. The highest BCUT2D eigenvalue weighted by Crippen LogP contribution is 2.36. The molecule has 1 atom stereocenters. The molecular formula is C20H19N3O7. The Morgan fingerprint density at radius 2 is 1.93 bits per heavy atom. The zero-order valence-electron chi connectivity index (χ0n) is 16.5. The van der Waals surface area contributed by atoms with Crippen LogP contribution in [0.3, 0.4) is 0 Å². The standard InChI is InChI=1S/C20H19N3O7/c1-4-28-17-11-15(23(25)26)14(10-16(17)27-3)20(24)29-12(2)18-21-22-19(30-18)13-8-6-5-7-9-13/h5-12H,4H2,1-3H3/t12-/m0/s1. The van der Waals surface area contributed by atoms with Crippen LogP contribution in [-0.4, -0.2) is 34.8 Å². The van der Waals surface area contributed by atoms with E-state index in [2.05, 4.69) is 10.2 Å². The molecule has 0 N–H and O–H groups in total. The molecule has 0 spiro atoms. The van der Waals surface area contributed by atoms with E-state index in [9.17, 15) is 14.9 Å². The molecule has 0 aliphatic carbocycles. The fraction of sp³-hybridized carbons (Fsp3) is 0.250. The van der Waals surface area contributed by atoms with Crippen LogP contribution >= 0.6 is 0 Å². The monoisotopic (exact) mass is 413 g/mol. The third kappa shape index (κ3) is 4.37. The number of aromatic nitrogens is 2. The molecule has 0 aliphatic rings. The minimum absolute atomic E-state index is 0.0581. The van der Waals surface area contributed by atoms with Crippen molar-refractivity contribution in [3.05, 3.63) is 64.0 Å². The van der Waals surface area contributed by atoms with Crippen LogP contribution in [0, 0.1) is 10.1 Å². The number of methoxy groups -OCH3 is 1. The van der Waals surface area contributed by atoms with Crippen molar-refractivity contribution in [1.82, 2.24) is 10.2 Å². The average molecular weight is 413 g/mol. The fourth-order valence-corrected chi connectivity index (χ4v) is 2.66. The van der Waals surface area contributed by atoms with E-state index in [0.29, 0.717) is 5.56 Å². The molecule has 0 aliphatic heterocycles. The summed E-state index contributed by atoms with van der Waals surface area (Å²) < 4.78 is 21.4. The first-order valence-corrected chi connectivity index (χ1v) is 9.03. The van der Waals surface area contributed by atoms with Crippen LogP contribution < -0.4 is 9.47 Å². The SMILES string of the molecule is CCOc1cc([N+](=O)[O-])c(C(=O)O[C@@H](C)c2nnc(-c3ccccc3)o2)cc1OC. The Morgan fingerprint density at radius 3 is 2.57 bits per heavy atom. The summed E-state index contributed by atoms with van der Waals surface area (Å²) in [6.45, 7) is 3.52. The van der Waals surface area contributed by atoms with Gasteiger partial charge in [0.05, 0.1) is 24.7 Å². The second-order valence-corrected chi connectivity index (χ2v) is 6.07. The Bertz CT molecular complexity index is 1050. The minimum atomic E-state index is -0.935. The van der Waals surface area contributed by atoms with Crippen molar-refractivity contribution in [3.8, 4) is 23.0 Å². The molecule has 0 saturated heterocycles. The van der Waals surface area contributed by atoms with Gasteiger partial charge in [-0.1, -0.05) is 18.2 Å². The Balaban J connectivity index is 1.85. The molecule has 0 bridgehead atoms. The van der Waals surface area contributed by atoms with Crippen molar-refractivity contribution in [3.63, 3.8) is 0 Å². The van der Waals surface area contributed by atoms with Crippen LogP contribution in [0.1, 0.15) is 36.2 Å². The van der Waals surface area contributed by atoms with Crippen LogP contribution in [0.2, 0.25) is 0 Å². The van der Waals surface area contributed by atoms with E-state index in [0.717, 1.165) is 6.07 Å². The first-order valence-electron chi connectivity index (χ1n) is 9.03. The predicted molar refractivity (Wildman–Crippen MR) is 104 cm³/mol. The summed E-state index contributed by atoms with van der Waals surface area (Å²) >= 11 is 0. The Hall–Kier alpha value is -3.95. The molecule has 0 amide bonds. The normalized spacial score (nSPS) is 11.6. The van der Waals surface area contributed by atoms with Crippen LogP contribution in [-0.2, 0) is 4.74 Å². The highest BCUT2D eigenvalue weighted by molar-refractivity contribution is 5.95. The molecule has 1 heterocycles. The van der Waals surface area contributed by atoms with Gasteiger partial charge in [-0.15, -0.1) is 10.2 Å². The molecule has 10 nitrogen and oxygen atoms in total. The van der Waals surface area contributed by atoms with E-state index in [1.54, 1.807) is 19.1 Å². The van der Waals surface area contributed by atoms with E-state index in [4.69, 9.17) is 18.6 Å². The smallest absolute Gasteiger partial charge is 0.346 e. The summed E-state index contributed by atoms with van der Waals surface area (Å²) in [7, 11) is 1.37. The summed E-state index contributed by atoms with van der Waals surface area (Å²) in [5.74, 6) is -0.285. The molecule has 0 radical (unpaired) electrons. The van der Waals surface area contributed by atoms with Gasteiger partial charge in [-0.3, -0.25) is 10.1 Å². The first-order chi connectivity index (χ1) is 14.4. The number of carbonyl (C=O) groups excluding carboxylic acids is 1. The molecule has 1 aromatic heterocycles. The van der Waals surface area contributed by atoms with Gasteiger partial charge in [0.25, 0.3) is 11.6 Å². The van der Waals surface area contributed by atoms with E-state index in [1.165, 1.54) is 20.1 Å². The maximum absolute atomic E-state index is 12.7. The van der Waals surface area contributed by atoms with Crippen molar-refractivity contribution in [2.45, 2.75) is 20.0 Å². The Kier molecular flexibility index (Phi) is 6.26. The third-order valence-corrected chi connectivity index (χ3v) is 4.09. The maximum atomic E-state index is 12.7. The topological polar surface area (TPSA) is 127 Å². The number of nitrogens with zero attached hydrogens (tertiary/aromatic N) is 3. The van der Waals surface area contributed by atoms with E-state index in [-0.39, 0.29) is 35.5 Å². The summed E-state index contributed by atoms with van der Waals surface area (Å²) in [5, 5.41) is 19.3. The molecular weight excluding hydrogens is 394 g/mol. The number of hydrogen-bond acceptors (Lipinski definition) is 9. The second kappa shape index (κ2) is 9.03. The van der Waals surface area contributed by atoms with Gasteiger partial charge in [-0.2, -0.15) is 0 Å². The average Bonchev–Trinajstić information content (AvgIpc) is 3.24. The molecule has 10 heteroatoms. The maximum Gasteiger partial charge on any atom is 0.346 e. The van der Waals surface area contributed by atoms with E-state index in [1.807, 2.05) is 18.2 Å². The van der Waals surface area contributed by atoms with Crippen LogP contribution in [0.5, 0.6) is 11.5 Å². The van der Waals surface area contributed by atoms with Crippen LogP contribution in [0.25, 0.3) is 11.5 Å². The highest BCUT2D eigenvalue weighted by atomic mass is 16.6. The van der Waals surface area contributed by atoms with Gasteiger partial charge in [0.2, 0.25) is 5.89 Å². The van der Waals surface area contributed by atoms with Crippen LogP contribution in [0.4, 0.5) is 5.69 Å². The van der Waals surface area contributed by atoms with E-state index >= 15 is 0 Å². The number of benzene rings is 2. The quantitative estimate of drug-likeness (QED) is 0.306. The zero-order chi connectivity index (χ0) is 21.7. The van der Waals surface area contributed by atoms with Crippen molar-refractivity contribution in [2.75, 3.05) is 13.7 Å². The first kappa shape index (κ1) is 20.8. The summed E-state index contributed by atoms with van der Waals surface area (Å²) in [5.41, 5.74) is -0.0384. The van der Waals surface area contributed by atoms with Gasteiger partial charge < -0.3 is 18.6 Å². The fourth-order valence-electron chi connectivity index (χ4n) is 2.66. The molecule has 3 rings (SSSR count). The van der Waals surface area contributed by atoms with Crippen molar-refractivity contribution in [2.24, 2.45) is 0 Å². The number of esters is 1. The van der Waals surface area contributed by atoms with E-state index < -0.39 is 22.7 Å². The third-order valence-electron chi connectivity index (χ3n) is 4.09. The van der Waals surface area contributed by atoms with Gasteiger partial charge in [0.1, 0.15) is 5.56 Å². The zero-order valence-corrected chi connectivity index (χ0v) is 16.5. The second-order valence-electron chi connectivity index (χ2n) is 6.07. The Labute approximate surface area is 171 Å². The van der Waals surface area contributed by atoms with Crippen LogP contribution in [0.15, 0.2) is 46.9 Å². The molecule has 3 aromatic rings. The van der Waals surface area contributed by atoms with Gasteiger partial charge >= 0.3 is 5.97 Å². The van der Waals surface area contributed by atoms with Crippen molar-refractivity contribution < 1.29 is 28.3 Å². The lowest BCUT2D eigenvalue weighted by atomic mass is 10.1. The van der Waals surface area contributed by atoms with Gasteiger partial charge in [-0.25, -0.2) is 4.79 Å². The summed E-state index contributed by atoms with van der Waals surface area (Å²) in [6, 6.07) is 11.4. The van der Waals surface area contributed by atoms with Gasteiger partial charge in [0.15, 0.2) is 17.6 Å². The summed E-state index contributed by atoms with van der Waals surface area (Å²) in [4.78, 5) is 23.4. The summed E-state index contributed by atoms with van der Waals surface area (Å²) in [6.07, 6.45) is -0.931. The molecule has 0 unspecified atom stereocenters. The molecule has 2 aromatic carbocycles. The molecule has 0 saturated carbocycles. The molecule has 0 fully saturated rings. The highest BCUT2D eigenvalue weighted by Gasteiger charge is 2.28. The minimum Gasteiger partial charge on any atom is -0.493 e. The number of ether oxygens (including phenoxy) is 3. The van der Waals surface area contributed by atoms with Crippen molar-refractivity contribution >= 4 is 11.7 Å². The number of rotatable bonds is 8. The predicted octanol–water partition coefficient (Wildman–Crippen LogP) is 3.97. The lowest BCUT2D eigenvalue weighted by molar-refractivity contribution is -0.385. The number of hydrogen-bond donors (Lipinski definition) is 0. The molecule has 156 valence electrons. The van der Waals surface area contributed by atoms with Gasteiger partial charge in [-0.05, 0) is 26.0 Å².